The number of esters is 1. The molecule has 1 amide bonds. The molecule has 1 aromatic carbocycles. The summed E-state index contributed by atoms with van der Waals surface area (Å²) in [6, 6.07) is 4.50. The molecule has 0 saturated carbocycles. The number of halogens is 2. The molecule has 1 rings (SSSR count). The number of methoxy groups -OCH3 is 1. The maximum absolute atomic E-state index is 13.5. The van der Waals surface area contributed by atoms with Gasteiger partial charge in [-0.25, -0.2) is 4.39 Å². The maximum Gasteiger partial charge on any atom is 0.307 e. The van der Waals surface area contributed by atoms with Crippen molar-refractivity contribution >= 4 is 33.9 Å². The topological polar surface area (TPSA) is 46.6 Å². The Kier molecular flexibility index (Phi) is 7.08. The van der Waals surface area contributed by atoms with Crippen molar-refractivity contribution in [3.63, 3.8) is 0 Å². The van der Waals surface area contributed by atoms with Crippen molar-refractivity contribution in [3.8, 4) is 0 Å². The van der Waals surface area contributed by atoms with Crippen molar-refractivity contribution in [1.29, 1.82) is 0 Å². The molecule has 0 saturated heterocycles. The van der Waals surface area contributed by atoms with Crippen molar-refractivity contribution in [2.75, 3.05) is 20.2 Å². The molecule has 6 heteroatoms. The molecule has 0 atom stereocenters. The van der Waals surface area contributed by atoms with Gasteiger partial charge in [0.2, 0.25) is 5.91 Å². The van der Waals surface area contributed by atoms with E-state index >= 15 is 0 Å². The quantitative estimate of drug-likeness (QED) is 0.580. The summed E-state index contributed by atoms with van der Waals surface area (Å²) < 4.78 is 18.8. The Morgan fingerprint density at radius 2 is 2.14 bits per heavy atom. The second-order valence-corrected chi connectivity index (χ2v) is 5.16. The van der Waals surface area contributed by atoms with E-state index in [0.29, 0.717) is 12.1 Å². The molecular weight excluding hydrogens is 341 g/mol. The Hall–Kier alpha value is -1.69. The highest BCUT2D eigenvalue weighted by molar-refractivity contribution is 9.10. The molecule has 0 spiro atoms. The normalized spacial score (nSPS) is 10.7. The third-order valence-corrected chi connectivity index (χ3v) is 3.36. The molecule has 0 N–H and O–H groups in total. The zero-order valence-corrected chi connectivity index (χ0v) is 13.5. The van der Waals surface area contributed by atoms with Gasteiger partial charge in [0.15, 0.2) is 0 Å². The van der Waals surface area contributed by atoms with E-state index in [1.807, 2.05) is 6.92 Å². The van der Waals surface area contributed by atoms with Gasteiger partial charge in [0.1, 0.15) is 5.82 Å². The monoisotopic (exact) mass is 357 g/mol. The standard InChI is InChI=1S/C15H17BrFNO3/c1-3-18(9-8-15(20)21-2)14(19)7-4-11-10-12(16)5-6-13(11)17/h4-7,10H,3,8-9H2,1-2H3/b7-4+. The molecule has 21 heavy (non-hydrogen) atoms. The highest BCUT2D eigenvalue weighted by atomic mass is 79.9. The lowest BCUT2D eigenvalue weighted by Gasteiger charge is -2.18. The van der Waals surface area contributed by atoms with Crippen LogP contribution in [-0.2, 0) is 14.3 Å². The highest BCUT2D eigenvalue weighted by Crippen LogP contribution is 2.16. The number of amides is 1. The summed E-state index contributed by atoms with van der Waals surface area (Å²) in [5.41, 5.74) is 0.321. The predicted molar refractivity (Wildman–Crippen MR) is 82.0 cm³/mol. The van der Waals surface area contributed by atoms with Gasteiger partial charge in [0.25, 0.3) is 0 Å². The van der Waals surface area contributed by atoms with E-state index < -0.39 is 5.82 Å². The van der Waals surface area contributed by atoms with Gasteiger partial charge < -0.3 is 9.64 Å². The average Bonchev–Trinajstić information content (AvgIpc) is 2.48. The highest BCUT2D eigenvalue weighted by Gasteiger charge is 2.11. The van der Waals surface area contributed by atoms with Crippen LogP contribution in [0.5, 0.6) is 0 Å². The number of carbonyl (C=O) groups is 2. The summed E-state index contributed by atoms with van der Waals surface area (Å²) in [6.45, 7) is 2.54. The maximum atomic E-state index is 13.5. The lowest BCUT2D eigenvalue weighted by molar-refractivity contribution is -0.141. The zero-order valence-electron chi connectivity index (χ0n) is 11.9. The minimum atomic E-state index is -0.403. The molecule has 0 heterocycles. The lowest BCUT2D eigenvalue weighted by Crippen LogP contribution is -2.31. The number of benzene rings is 1. The second-order valence-electron chi connectivity index (χ2n) is 4.24. The minimum absolute atomic E-state index is 0.134. The van der Waals surface area contributed by atoms with Crippen molar-refractivity contribution in [2.24, 2.45) is 0 Å². The first-order chi connectivity index (χ1) is 9.97. The fourth-order valence-electron chi connectivity index (χ4n) is 1.66. The van der Waals surface area contributed by atoms with Crippen LogP contribution >= 0.6 is 15.9 Å². The van der Waals surface area contributed by atoms with Gasteiger partial charge >= 0.3 is 5.97 Å². The third kappa shape index (κ3) is 5.67. The van der Waals surface area contributed by atoms with E-state index in [9.17, 15) is 14.0 Å². The Morgan fingerprint density at radius 3 is 2.76 bits per heavy atom. The lowest BCUT2D eigenvalue weighted by atomic mass is 10.2. The van der Waals surface area contributed by atoms with Crippen LogP contribution < -0.4 is 0 Å². The van der Waals surface area contributed by atoms with Crippen molar-refractivity contribution in [2.45, 2.75) is 13.3 Å². The third-order valence-electron chi connectivity index (χ3n) is 2.87. The van der Waals surface area contributed by atoms with Crippen LogP contribution in [0.4, 0.5) is 4.39 Å². The van der Waals surface area contributed by atoms with Gasteiger partial charge in [-0.2, -0.15) is 0 Å². The van der Waals surface area contributed by atoms with Crippen LogP contribution in [0.25, 0.3) is 6.08 Å². The first-order valence-corrected chi connectivity index (χ1v) is 7.26. The Labute approximate surface area is 131 Å². The molecule has 0 aliphatic heterocycles. The second kappa shape index (κ2) is 8.56. The average molecular weight is 358 g/mol. The largest absolute Gasteiger partial charge is 0.469 e. The number of hydrogen-bond acceptors (Lipinski definition) is 3. The fraction of sp³-hybridized carbons (Fsp3) is 0.333. The number of rotatable bonds is 6. The molecule has 1 aromatic rings. The van der Waals surface area contributed by atoms with Crippen LogP contribution in [0.1, 0.15) is 18.9 Å². The Balaban J connectivity index is 2.70. The van der Waals surface area contributed by atoms with Crippen molar-refractivity contribution in [1.82, 2.24) is 4.90 Å². The minimum Gasteiger partial charge on any atom is -0.469 e. The summed E-state index contributed by atoms with van der Waals surface area (Å²) >= 11 is 3.25. The molecule has 0 unspecified atom stereocenters. The SMILES string of the molecule is CCN(CCC(=O)OC)C(=O)/C=C/c1cc(Br)ccc1F. The fourth-order valence-corrected chi connectivity index (χ4v) is 2.04. The van der Waals surface area contributed by atoms with Crippen molar-refractivity contribution in [3.05, 3.63) is 40.1 Å². The van der Waals surface area contributed by atoms with Crippen LogP contribution in [-0.4, -0.2) is 37.0 Å². The Bertz CT molecular complexity index is 546. The molecule has 0 radical (unpaired) electrons. The van der Waals surface area contributed by atoms with Gasteiger partial charge in [0, 0.05) is 29.2 Å². The number of hydrogen-bond donors (Lipinski definition) is 0. The molecular formula is C15H17BrFNO3. The van der Waals surface area contributed by atoms with Gasteiger partial charge in [-0.3, -0.25) is 9.59 Å². The molecule has 0 bridgehead atoms. The molecule has 0 aromatic heterocycles. The molecule has 0 aliphatic carbocycles. The van der Waals surface area contributed by atoms with Gasteiger partial charge in [-0.05, 0) is 31.2 Å². The molecule has 0 aliphatic rings. The molecule has 114 valence electrons. The van der Waals surface area contributed by atoms with Crippen LogP contribution in [0.15, 0.2) is 28.7 Å². The first kappa shape index (κ1) is 17.4. The van der Waals surface area contributed by atoms with E-state index in [0.717, 1.165) is 4.47 Å². The summed E-state index contributed by atoms with van der Waals surface area (Å²) in [5, 5.41) is 0. The number of likely N-dealkylation sites (N-methyl/N-ethyl adjacent to an activating group) is 1. The predicted octanol–water partition coefficient (Wildman–Crippen LogP) is 3.01. The summed E-state index contributed by atoms with van der Waals surface area (Å²) in [5.74, 6) is -1.05. The summed E-state index contributed by atoms with van der Waals surface area (Å²) in [7, 11) is 1.30. The number of carbonyl (C=O) groups excluding carboxylic acids is 2. The van der Waals surface area contributed by atoms with Crippen LogP contribution in [0.3, 0.4) is 0 Å². The summed E-state index contributed by atoms with van der Waals surface area (Å²) in [6.07, 6.45) is 2.85. The van der Waals surface area contributed by atoms with E-state index in [4.69, 9.17) is 0 Å². The van der Waals surface area contributed by atoms with E-state index in [1.54, 1.807) is 12.1 Å². The molecule has 0 fully saturated rings. The molecule has 4 nitrogen and oxygen atoms in total. The van der Waals surface area contributed by atoms with Gasteiger partial charge in [0.05, 0.1) is 13.5 Å². The zero-order chi connectivity index (χ0) is 15.8. The number of ether oxygens (including phenoxy) is 1. The van der Waals surface area contributed by atoms with Crippen LogP contribution in [0.2, 0.25) is 0 Å². The first-order valence-electron chi connectivity index (χ1n) is 6.46. The Morgan fingerprint density at radius 1 is 1.43 bits per heavy atom. The summed E-state index contributed by atoms with van der Waals surface area (Å²) in [4.78, 5) is 24.6. The van der Waals surface area contributed by atoms with Gasteiger partial charge in [-0.1, -0.05) is 15.9 Å². The van der Waals surface area contributed by atoms with E-state index in [-0.39, 0.29) is 24.8 Å². The number of nitrogens with zero attached hydrogens (tertiary/aromatic N) is 1. The van der Waals surface area contributed by atoms with E-state index in [1.165, 1.54) is 30.2 Å². The van der Waals surface area contributed by atoms with Gasteiger partial charge in [-0.15, -0.1) is 0 Å². The van der Waals surface area contributed by atoms with Crippen LogP contribution in [0, 0.1) is 5.82 Å². The van der Waals surface area contributed by atoms with Crippen molar-refractivity contribution < 1.29 is 18.7 Å². The smallest absolute Gasteiger partial charge is 0.307 e. The van der Waals surface area contributed by atoms with E-state index in [2.05, 4.69) is 20.7 Å².